The Balaban J connectivity index is 1.61. The van der Waals surface area contributed by atoms with Crippen molar-refractivity contribution in [1.29, 1.82) is 0 Å². The van der Waals surface area contributed by atoms with Crippen LogP contribution in [0, 0.1) is 5.92 Å². The first kappa shape index (κ1) is 18.9. The molecule has 3 atom stereocenters. The van der Waals surface area contributed by atoms with Crippen molar-refractivity contribution < 1.29 is 9.90 Å². The predicted octanol–water partition coefficient (Wildman–Crippen LogP) is 4.37. The molecule has 4 nitrogen and oxygen atoms in total. The van der Waals surface area contributed by atoms with Gasteiger partial charge >= 0.3 is 0 Å². The van der Waals surface area contributed by atoms with Crippen LogP contribution in [0.3, 0.4) is 0 Å². The Morgan fingerprint density at radius 2 is 1.67 bits per heavy atom. The van der Waals surface area contributed by atoms with Crippen molar-refractivity contribution in [2.45, 2.75) is 18.5 Å². The number of carbonyl (C=O) groups excluding carboxylic acids is 1. The third-order valence-electron chi connectivity index (χ3n) is 6.74. The molecule has 0 aliphatic carbocycles. The summed E-state index contributed by atoms with van der Waals surface area (Å²) < 4.78 is 0. The average molecular weight is 399 g/mol. The summed E-state index contributed by atoms with van der Waals surface area (Å²) in [6.45, 7) is 0.799. The molecule has 1 N–H and O–H groups in total. The first-order valence-electron chi connectivity index (χ1n) is 10.6. The van der Waals surface area contributed by atoms with Crippen molar-refractivity contribution in [3.63, 3.8) is 0 Å². The van der Waals surface area contributed by atoms with Crippen LogP contribution >= 0.6 is 0 Å². The molecule has 1 saturated heterocycles. The van der Waals surface area contributed by atoms with E-state index in [0.717, 1.165) is 23.2 Å². The number of aliphatic hydroxyl groups excluding tert-OH is 1. The number of nitrogens with zero attached hydrogens (tertiary/aromatic N) is 2. The quantitative estimate of drug-likeness (QED) is 0.713. The number of benzene rings is 3. The number of amides is 1. The van der Waals surface area contributed by atoms with E-state index in [4.69, 9.17) is 0 Å². The van der Waals surface area contributed by atoms with Gasteiger partial charge in [-0.2, -0.15) is 0 Å². The number of likely N-dealkylation sites (N-methyl/N-ethyl adjacent to an activating group) is 1. The van der Waals surface area contributed by atoms with E-state index in [-0.39, 0.29) is 30.5 Å². The average Bonchev–Trinajstić information content (AvgIpc) is 3.25. The van der Waals surface area contributed by atoms with Crippen molar-refractivity contribution in [3.8, 4) is 11.1 Å². The second kappa shape index (κ2) is 7.62. The van der Waals surface area contributed by atoms with Gasteiger partial charge in [-0.3, -0.25) is 4.79 Å². The SMILES string of the molecule is CN1c2ccc(-c3ccccc3)cc2[C@H]2[C@H](CCN2C(=O)c2ccccc2)[C@H]1CO. The molecule has 0 spiro atoms. The van der Waals surface area contributed by atoms with Crippen LogP contribution in [0.15, 0.2) is 78.9 Å². The smallest absolute Gasteiger partial charge is 0.254 e. The first-order chi connectivity index (χ1) is 14.7. The lowest BCUT2D eigenvalue weighted by Crippen LogP contribution is -2.48. The van der Waals surface area contributed by atoms with Crippen LogP contribution in [0.25, 0.3) is 11.1 Å². The van der Waals surface area contributed by atoms with E-state index in [1.807, 2.05) is 53.4 Å². The summed E-state index contributed by atoms with van der Waals surface area (Å²) in [4.78, 5) is 17.6. The topological polar surface area (TPSA) is 43.8 Å². The Morgan fingerprint density at radius 3 is 2.37 bits per heavy atom. The van der Waals surface area contributed by atoms with Gasteiger partial charge < -0.3 is 14.9 Å². The third kappa shape index (κ3) is 2.99. The minimum Gasteiger partial charge on any atom is -0.394 e. The normalized spacial score (nSPS) is 22.5. The molecular weight excluding hydrogens is 372 g/mol. The molecule has 3 aromatic carbocycles. The van der Waals surface area contributed by atoms with Gasteiger partial charge in [0.25, 0.3) is 5.91 Å². The van der Waals surface area contributed by atoms with Gasteiger partial charge in [-0.15, -0.1) is 0 Å². The number of hydrogen-bond donors (Lipinski definition) is 1. The molecule has 2 heterocycles. The number of hydrogen-bond acceptors (Lipinski definition) is 3. The molecule has 0 saturated carbocycles. The minimum absolute atomic E-state index is 0.0126. The van der Waals surface area contributed by atoms with E-state index in [1.165, 1.54) is 11.1 Å². The van der Waals surface area contributed by atoms with Crippen LogP contribution in [-0.2, 0) is 0 Å². The summed E-state index contributed by atoms with van der Waals surface area (Å²) >= 11 is 0. The van der Waals surface area contributed by atoms with E-state index in [0.29, 0.717) is 6.54 Å². The summed E-state index contributed by atoms with van der Waals surface area (Å²) in [7, 11) is 2.06. The Bertz CT molecular complexity index is 1050. The van der Waals surface area contributed by atoms with Crippen LogP contribution < -0.4 is 4.90 Å². The molecule has 0 unspecified atom stereocenters. The third-order valence-corrected chi connectivity index (χ3v) is 6.74. The summed E-state index contributed by atoms with van der Waals surface area (Å²) in [5.41, 5.74) is 5.32. The van der Waals surface area contributed by atoms with E-state index < -0.39 is 0 Å². The number of aliphatic hydroxyl groups is 1. The molecule has 0 radical (unpaired) electrons. The van der Waals surface area contributed by atoms with Crippen molar-refractivity contribution >= 4 is 11.6 Å². The van der Waals surface area contributed by atoms with Crippen LogP contribution in [0.1, 0.15) is 28.4 Å². The number of anilines is 1. The highest BCUT2D eigenvalue weighted by Gasteiger charge is 2.47. The maximum atomic E-state index is 13.4. The zero-order chi connectivity index (χ0) is 20.7. The fraction of sp³-hybridized carbons (Fsp3) is 0.269. The minimum atomic E-state index is -0.0234. The van der Waals surface area contributed by atoms with Crippen LogP contribution in [0.5, 0.6) is 0 Å². The molecule has 1 amide bonds. The van der Waals surface area contributed by atoms with E-state index in [9.17, 15) is 9.90 Å². The Labute approximate surface area is 177 Å². The lowest BCUT2D eigenvalue weighted by Gasteiger charge is -2.44. The predicted molar refractivity (Wildman–Crippen MR) is 119 cm³/mol. The number of rotatable bonds is 3. The lowest BCUT2D eigenvalue weighted by atomic mass is 9.81. The van der Waals surface area contributed by atoms with Crippen molar-refractivity contribution in [2.75, 3.05) is 25.1 Å². The molecule has 5 rings (SSSR count). The monoisotopic (exact) mass is 398 g/mol. The molecule has 152 valence electrons. The van der Waals surface area contributed by atoms with Gasteiger partial charge in [-0.05, 0) is 47.4 Å². The van der Waals surface area contributed by atoms with Crippen molar-refractivity contribution in [1.82, 2.24) is 4.90 Å². The van der Waals surface area contributed by atoms with E-state index >= 15 is 0 Å². The second-order valence-corrected chi connectivity index (χ2v) is 8.26. The largest absolute Gasteiger partial charge is 0.394 e. The number of fused-ring (bicyclic) bond motifs is 3. The molecule has 2 aliphatic heterocycles. The van der Waals surface area contributed by atoms with Gasteiger partial charge in [0.1, 0.15) is 0 Å². The van der Waals surface area contributed by atoms with E-state index in [1.54, 1.807) is 0 Å². The Morgan fingerprint density at radius 1 is 0.967 bits per heavy atom. The molecule has 4 heteroatoms. The zero-order valence-electron chi connectivity index (χ0n) is 17.1. The van der Waals surface area contributed by atoms with Gasteiger partial charge in [-0.25, -0.2) is 0 Å². The van der Waals surface area contributed by atoms with Gasteiger partial charge in [0.15, 0.2) is 0 Å². The van der Waals surface area contributed by atoms with Crippen LogP contribution in [-0.4, -0.2) is 42.2 Å². The molecule has 0 aromatic heterocycles. The highest BCUT2D eigenvalue weighted by molar-refractivity contribution is 5.95. The number of carbonyl (C=O) groups is 1. The fourth-order valence-electron chi connectivity index (χ4n) is 5.24. The molecule has 1 fully saturated rings. The van der Waals surface area contributed by atoms with Crippen molar-refractivity contribution in [2.24, 2.45) is 5.92 Å². The zero-order valence-corrected chi connectivity index (χ0v) is 17.1. The molecule has 30 heavy (non-hydrogen) atoms. The summed E-state index contributed by atoms with van der Waals surface area (Å²) in [5.74, 6) is 0.284. The maximum Gasteiger partial charge on any atom is 0.254 e. The van der Waals surface area contributed by atoms with Gasteiger partial charge in [0.2, 0.25) is 0 Å². The summed E-state index contributed by atoms with van der Waals surface area (Å²) in [6.07, 6.45) is 0.897. The highest BCUT2D eigenvalue weighted by atomic mass is 16.3. The lowest BCUT2D eigenvalue weighted by molar-refractivity contribution is 0.0694. The van der Waals surface area contributed by atoms with Gasteiger partial charge in [0, 0.05) is 30.8 Å². The standard InChI is InChI=1S/C26H26N2O2/c1-27-23-13-12-20(18-8-4-2-5-9-18)16-22(23)25-21(24(27)17-29)14-15-28(25)26(30)19-10-6-3-7-11-19/h2-13,16,21,24-25,29H,14-15,17H2,1H3/t21-,24-,25-/m1/s1. The second-order valence-electron chi connectivity index (χ2n) is 8.26. The van der Waals surface area contributed by atoms with Gasteiger partial charge in [-0.1, -0.05) is 54.6 Å². The fourth-order valence-corrected chi connectivity index (χ4v) is 5.24. The first-order valence-corrected chi connectivity index (χ1v) is 10.6. The summed E-state index contributed by atoms with van der Waals surface area (Å²) in [5, 5.41) is 10.2. The molecule has 3 aromatic rings. The van der Waals surface area contributed by atoms with E-state index in [2.05, 4.69) is 42.3 Å². The molecule has 2 aliphatic rings. The number of likely N-dealkylation sites (tertiary alicyclic amines) is 1. The Kier molecular flexibility index (Phi) is 4.80. The molecular formula is C26H26N2O2. The van der Waals surface area contributed by atoms with Crippen LogP contribution in [0.2, 0.25) is 0 Å². The highest BCUT2D eigenvalue weighted by Crippen LogP contribution is 2.49. The van der Waals surface area contributed by atoms with Gasteiger partial charge in [0.05, 0.1) is 18.7 Å². The van der Waals surface area contributed by atoms with Crippen LogP contribution in [0.4, 0.5) is 5.69 Å². The Hall–Kier alpha value is -3.11. The maximum absolute atomic E-state index is 13.4. The summed E-state index contributed by atoms with van der Waals surface area (Å²) in [6, 6.07) is 26.4. The van der Waals surface area contributed by atoms with Crippen molar-refractivity contribution in [3.05, 3.63) is 90.0 Å². The molecule has 0 bridgehead atoms.